The standard InChI is InChI=1S/C22H21F3N4O2S2/c1-13-16-3-2-14(22(23,24)25)8-17(16)33-19(13)21(31)28-6-4-27(5-7-28)15-10-29(11-15)20(30)18-9-26-12-32-18/h2-3,8-9,12,15H,4-7,10-11H2,1H3. The van der Waals surface area contributed by atoms with Crippen LogP contribution in [0.2, 0.25) is 0 Å². The molecular weight excluding hydrogens is 473 g/mol. The Kier molecular flexibility index (Phi) is 5.66. The molecule has 4 heterocycles. The van der Waals surface area contributed by atoms with E-state index in [1.165, 1.54) is 17.4 Å². The summed E-state index contributed by atoms with van der Waals surface area (Å²) >= 11 is 2.46. The molecular formula is C22H21F3N4O2S2. The van der Waals surface area contributed by atoms with Gasteiger partial charge in [0.15, 0.2) is 0 Å². The van der Waals surface area contributed by atoms with Crippen LogP contribution in [0.5, 0.6) is 0 Å². The second-order valence-corrected chi connectivity index (χ2v) is 10.3. The first-order valence-corrected chi connectivity index (χ1v) is 12.2. The quantitative estimate of drug-likeness (QED) is 0.553. The van der Waals surface area contributed by atoms with Gasteiger partial charge in [0.1, 0.15) is 4.88 Å². The van der Waals surface area contributed by atoms with Gasteiger partial charge in [-0.15, -0.1) is 22.7 Å². The molecule has 11 heteroatoms. The number of benzene rings is 1. The lowest BCUT2D eigenvalue weighted by Gasteiger charge is -2.48. The van der Waals surface area contributed by atoms with Crippen molar-refractivity contribution in [2.24, 2.45) is 0 Å². The van der Waals surface area contributed by atoms with Crippen molar-refractivity contribution < 1.29 is 22.8 Å². The van der Waals surface area contributed by atoms with Crippen LogP contribution in [0.15, 0.2) is 29.9 Å². The number of thiophene rings is 1. The Morgan fingerprint density at radius 2 is 1.79 bits per heavy atom. The highest BCUT2D eigenvalue weighted by atomic mass is 32.1. The van der Waals surface area contributed by atoms with Crippen LogP contribution in [0, 0.1) is 6.92 Å². The summed E-state index contributed by atoms with van der Waals surface area (Å²) in [6, 6.07) is 3.93. The average Bonchev–Trinajstić information content (AvgIpc) is 3.40. The lowest BCUT2D eigenvalue weighted by atomic mass is 10.1. The number of aryl methyl sites for hydroxylation is 1. The predicted molar refractivity (Wildman–Crippen MR) is 121 cm³/mol. The molecule has 0 aliphatic carbocycles. The van der Waals surface area contributed by atoms with Gasteiger partial charge in [-0.1, -0.05) is 6.07 Å². The van der Waals surface area contributed by atoms with E-state index in [0.717, 1.165) is 29.0 Å². The normalized spacial score (nSPS) is 18.1. The summed E-state index contributed by atoms with van der Waals surface area (Å²) in [5.74, 6) is -0.117. The zero-order valence-corrected chi connectivity index (χ0v) is 19.4. The summed E-state index contributed by atoms with van der Waals surface area (Å²) in [4.78, 5) is 36.5. The van der Waals surface area contributed by atoms with Gasteiger partial charge in [-0.2, -0.15) is 13.2 Å². The van der Waals surface area contributed by atoms with Gasteiger partial charge >= 0.3 is 6.18 Å². The molecule has 5 rings (SSSR count). The largest absolute Gasteiger partial charge is 0.416 e. The minimum Gasteiger partial charge on any atom is -0.335 e. The van der Waals surface area contributed by atoms with Crippen LogP contribution in [-0.2, 0) is 6.18 Å². The molecule has 2 aliphatic heterocycles. The van der Waals surface area contributed by atoms with E-state index in [2.05, 4.69) is 9.88 Å². The molecule has 0 bridgehead atoms. The minimum atomic E-state index is -4.41. The topological polar surface area (TPSA) is 56.8 Å². The van der Waals surface area contributed by atoms with Crippen LogP contribution in [-0.4, -0.2) is 76.8 Å². The summed E-state index contributed by atoms with van der Waals surface area (Å²) in [5, 5.41) is 0.690. The molecule has 6 nitrogen and oxygen atoms in total. The van der Waals surface area contributed by atoms with Gasteiger partial charge in [0.2, 0.25) is 0 Å². The summed E-state index contributed by atoms with van der Waals surface area (Å²) in [6.07, 6.45) is -2.82. The number of aromatic nitrogens is 1. The fourth-order valence-electron chi connectivity index (χ4n) is 4.37. The number of alkyl halides is 3. The molecule has 33 heavy (non-hydrogen) atoms. The Morgan fingerprint density at radius 3 is 2.42 bits per heavy atom. The fraction of sp³-hybridized carbons (Fsp3) is 0.409. The van der Waals surface area contributed by atoms with Crippen molar-refractivity contribution >= 4 is 44.6 Å². The molecule has 0 spiro atoms. The molecule has 2 aliphatic rings. The van der Waals surface area contributed by atoms with E-state index in [1.807, 2.05) is 4.90 Å². The lowest BCUT2D eigenvalue weighted by molar-refractivity contribution is -0.137. The molecule has 174 valence electrons. The third-order valence-electron chi connectivity index (χ3n) is 6.37. The van der Waals surface area contributed by atoms with E-state index in [-0.39, 0.29) is 17.9 Å². The number of carbonyl (C=O) groups excluding carboxylic acids is 2. The maximum atomic E-state index is 13.1. The maximum Gasteiger partial charge on any atom is 0.416 e. The first-order valence-electron chi connectivity index (χ1n) is 10.5. The van der Waals surface area contributed by atoms with Crippen molar-refractivity contribution in [1.82, 2.24) is 19.7 Å². The van der Waals surface area contributed by atoms with E-state index < -0.39 is 11.7 Å². The molecule has 2 aromatic heterocycles. The molecule has 0 N–H and O–H groups in total. The number of amides is 2. The summed E-state index contributed by atoms with van der Waals surface area (Å²) < 4.78 is 39.6. The second-order valence-electron chi connectivity index (χ2n) is 8.32. The number of hydrogen-bond donors (Lipinski definition) is 0. The van der Waals surface area contributed by atoms with Crippen molar-refractivity contribution in [2.45, 2.75) is 19.1 Å². The van der Waals surface area contributed by atoms with Crippen LogP contribution in [0.25, 0.3) is 10.1 Å². The number of hydrogen-bond acceptors (Lipinski definition) is 6. The van der Waals surface area contributed by atoms with Gasteiger partial charge in [0, 0.05) is 50.0 Å². The molecule has 0 unspecified atom stereocenters. The minimum absolute atomic E-state index is 0.0106. The van der Waals surface area contributed by atoms with Crippen molar-refractivity contribution in [3.63, 3.8) is 0 Å². The Labute approximate surface area is 196 Å². The van der Waals surface area contributed by atoms with Gasteiger partial charge in [-0.05, 0) is 30.0 Å². The lowest BCUT2D eigenvalue weighted by Crippen LogP contribution is -2.64. The van der Waals surface area contributed by atoms with E-state index >= 15 is 0 Å². The Hall–Kier alpha value is -2.50. The van der Waals surface area contributed by atoms with Crippen LogP contribution in [0.3, 0.4) is 0 Å². The molecule has 2 amide bonds. The third kappa shape index (κ3) is 4.13. The zero-order valence-electron chi connectivity index (χ0n) is 17.8. The Morgan fingerprint density at radius 1 is 1.06 bits per heavy atom. The number of nitrogens with zero attached hydrogens (tertiary/aromatic N) is 4. The fourth-order valence-corrected chi connectivity index (χ4v) is 6.17. The number of rotatable bonds is 3. The molecule has 2 saturated heterocycles. The van der Waals surface area contributed by atoms with Gasteiger partial charge in [-0.25, -0.2) is 0 Å². The van der Waals surface area contributed by atoms with Gasteiger partial charge in [0.25, 0.3) is 11.8 Å². The highest BCUT2D eigenvalue weighted by Crippen LogP contribution is 2.37. The second kappa shape index (κ2) is 8.37. The van der Waals surface area contributed by atoms with Gasteiger partial charge in [0.05, 0.1) is 22.1 Å². The summed E-state index contributed by atoms with van der Waals surface area (Å²) in [7, 11) is 0. The number of piperazine rings is 1. The molecule has 0 radical (unpaired) electrons. The van der Waals surface area contributed by atoms with Gasteiger partial charge in [-0.3, -0.25) is 19.5 Å². The van der Waals surface area contributed by atoms with E-state index in [0.29, 0.717) is 59.1 Å². The predicted octanol–water partition coefficient (Wildman–Crippen LogP) is 3.97. The van der Waals surface area contributed by atoms with Crippen LogP contribution >= 0.6 is 22.7 Å². The summed E-state index contributed by atoms with van der Waals surface area (Å²) in [5.41, 5.74) is 1.67. The van der Waals surface area contributed by atoms with Crippen molar-refractivity contribution in [2.75, 3.05) is 39.3 Å². The number of likely N-dealkylation sites (tertiary alicyclic amines) is 1. The first kappa shape index (κ1) is 22.3. The first-order chi connectivity index (χ1) is 15.7. The zero-order chi connectivity index (χ0) is 23.3. The average molecular weight is 495 g/mol. The van der Waals surface area contributed by atoms with E-state index in [1.54, 1.807) is 23.5 Å². The number of carbonyl (C=O) groups is 2. The number of thiazole rings is 1. The van der Waals surface area contributed by atoms with Crippen LogP contribution in [0.1, 0.15) is 30.5 Å². The maximum absolute atomic E-state index is 13.1. The SMILES string of the molecule is Cc1c(C(=O)N2CCN(C3CN(C(=O)c4cncs4)C3)CC2)sc2cc(C(F)(F)F)ccc12. The van der Waals surface area contributed by atoms with E-state index in [9.17, 15) is 22.8 Å². The monoisotopic (exact) mass is 494 g/mol. The van der Waals surface area contributed by atoms with Crippen molar-refractivity contribution in [3.05, 3.63) is 50.8 Å². The summed E-state index contributed by atoms with van der Waals surface area (Å²) in [6.45, 7) is 5.66. The van der Waals surface area contributed by atoms with E-state index in [4.69, 9.17) is 0 Å². The van der Waals surface area contributed by atoms with Crippen LogP contribution < -0.4 is 0 Å². The van der Waals surface area contributed by atoms with Crippen molar-refractivity contribution in [1.29, 1.82) is 0 Å². The molecule has 1 aromatic carbocycles. The van der Waals surface area contributed by atoms with Gasteiger partial charge < -0.3 is 9.80 Å². The Bertz CT molecular complexity index is 1190. The third-order valence-corrected chi connectivity index (χ3v) is 8.37. The Balaban J connectivity index is 1.20. The molecule has 0 atom stereocenters. The molecule has 2 fully saturated rings. The van der Waals surface area contributed by atoms with Crippen LogP contribution in [0.4, 0.5) is 13.2 Å². The highest BCUT2D eigenvalue weighted by molar-refractivity contribution is 7.21. The van der Waals surface area contributed by atoms with Crippen molar-refractivity contribution in [3.8, 4) is 0 Å². The molecule has 3 aromatic rings. The smallest absolute Gasteiger partial charge is 0.335 e. The number of fused-ring (bicyclic) bond motifs is 1. The highest BCUT2D eigenvalue weighted by Gasteiger charge is 2.38. The number of halogens is 3. The molecule has 0 saturated carbocycles.